The van der Waals surface area contributed by atoms with E-state index in [1.807, 2.05) is 44.2 Å². The molecule has 1 aromatic heterocycles. The zero-order valence-corrected chi connectivity index (χ0v) is 14.4. The van der Waals surface area contributed by atoms with Crippen molar-refractivity contribution in [1.82, 2.24) is 4.90 Å². The van der Waals surface area contributed by atoms with Crippen LogP contribution in [0.2, 0.25) is 0 Å². The van der Waals surface area contributed by atoms with Crippen LogP contribution in [0, 0.1) is 19.8 Å². The zero-order chi connectivity index (χ0) is 18.0. The van der Waals surface area contributed by atoms with E-state index in [9.17, 15) is 9.59 Å². The monoisotopic (exact) mass is 342 g/mol. The summed E-state index contributed by atoms with van der Waals surface area (Å²) in [5.41, 5.74) is 2.53. The lowest BCUT2D eigenvalue weighted by molar-refractivity contribution is -0.143. The molecule has 0 saturated carbocycles. The fourth-order valence-electron chi connectivity index (χ4n) is 3.06. The molecule has 1 aromatic carbocycles. The van der Waals surface area contributed by atoms with Crippen LogP contribution in [0.3, 0.4) is 0 Å². The summed E-state index contributed by atoms with van der Waals surface area (Å²) in [6, 6.07) is 9.29. The van der Waals surface area contributed by atoms with Crippen LogP contribution in [-0.4, -0.2) is 35.1 Å². The number of piperidine rings is 1. The van der Waals surface area contributed by atoms with Crippen molar-refractivity contribution in [3.8, 4) is 11.3 Å². The minimum Gasteiger partial charge on any atom is -0.481 e. The van der Waals surface area contributed by atoms with Crippen molar-refractivity contribution in [3.05, 3.63) is 41.7 Å². The molecule has 0 bridgehead atoms. The SMILES string of the molecule is Cc1ccc(-c2ccc(C)c(NC(=O)N3CCCC(C(=O)O)C3)c2)o1. The van der Waals surface area contributed by atoms with Crippen molar-refractivity contribution in [1.29, 1.82) is 0 Å². The number of carbonyl (C=O) groups is 2. The third-order valence-corrected chi connectivity index (χ3v) is 4.56. The molecule has 0 radical (unpaired) electrons. The van der Waals surface area contributed by atoms with E-state index in [2.05, 4.69) is 5.32 Å². The van der Waals surface area contributed by atoms with E-state index in [1.165, 1.54) is 0 Å². The van der Waals surface area contributed by atoms with Gasteiger partial charge in [0.1, 0.15) is 11.5 Å². The predicted octanol–water partition coefficient (Wildman–Crippen LogP) is 3.89. The standard InChI is InChI=1S/C19H22N2O4/c1-12-5-7-14(17-8-6-13(2)25-17)10-16(12)20-19(24)21-9-3-4-15(11-21)18(22)23/h5-8,10,15H,3-4,9,11H2,1-2H3,(H,20,24)(H,22,23). The second-order valence-corrected chi connectivity index (χ2v) is 6.49. The number of carbonyl (C=O) groups excluding carboxylic acids is 1. The predicted molar refractivity (Wildman–Crippen MR) is 94.6 cm³/mol. The second-order valence-electron chi connectivity index (χ2n) is 6.49. The summed E-state index contributed by atoms with van der Waals surface area (Å²) in [7, 11) is 0. The Morgan fingerprint density at radius 3 is 2.72 bits per heavy atom. The molecule has 2 amide bonds. The van der Waals surface area contributed by atoms with E-state index in [-0.39, 0.29) is 12.6 Å². The van der Waals surface area contributed by atoms with Crippen molar-refractivity contribution in [2.75, 3.05) is 18.4 Å². The van der Waals surface area contributed by atoms with Gasteiger partial charge >= 0.3 is 12.0 Å². The number of carboxylic acid groups (broad SMARTS) is 1. The number of urea groups is 1. The highest BCUT2D eigenvalue weighted by Gasteiger charge is 2.28. The molecule has 2 N–H and O–H groups in total. The molecular formula is C19H22N2O4. The number of carboxylic acids is 1. The first-order valence-electron chi connectivity index (χ1n) is 8.40. The van der Waals surface area contributed by atoms with Gasteiger partial charge in [0.05, 0.1) is 5.92 Å². The Bertz CT molecular complexity index is 796. The van der Waals surface area contributed by atoms with Crippen molar-refractivity contribution in [2.24, 2.45) is 5.92 Å². The number of likely N-dealkylation sites (tertiary alicyclic amines) is 1. The quantitative estimate of drug-likeness (QED) is 0.886. The van der Waals surface area contributed by atoms with Crippen LogP contribution < -0.4 is 5.32 Å². The van der Waals surface area contributed by atoms with Gasteiger partial charge in [-0.25, -0.2) is 4.79 Å². The zero-order valence-electron chi connectivity index (χ0n) is 14.4. The van der Waals surface area contributed by atoms with Gasteiger partial charge in [-0.3, -0.25) is 4.79 Å². The lowest BCUT2D eigenvalue weighted by Crippen LogP contribution is -2.44. The molecule has 3 rings (SSSR count). The van der Waals surface area contributed by atoms with Crippen molar-refractivity contribution < 1.29 is 19.1 Å². The van der Waals surface area contributed by atoms with Crippen molar-refractivity contribution in [2.45, 2.75) is 26.7 Å². The molecule has 2 heterocycles. The maximum atomic E-state index is 12.5. The Morgan fingerprint density at radius 2 is 2.04 bits per heavy atom. The number of rotatable bonds is 3. The number of furan rings is 1. The average Bonchev–Trinajstić information content (AvgIpc) is 3.03. The summed E-state index contributed by atoms with van der Waals surface area (Å²) >= 11 is 0. The highest BCUT2D eigenvalue weighted by Crippen LogP contribution is 2.27. The molecule has 132 valence electrons. The molecule has 1 unspecified atom stereocenters. The summed E-state index contributed by atoms with van der Waals surface area (Å²) < 4.78 is 5.64. The molecule has 1 aliphatic rings. The number of hydrogen-bond donors (Lipinski definition) is 2. The van der Waals surface area contributed by atoms with E-state index >= 15 is 0 Å². The first-order chi connectivity index (χ1) is 11.9. The number of nitrogens with one attached hydrogen (secondary N) is 1. The van der Waals surface area contributed by atoms with Gasteiger partial charge < -0.3 is 19.7 Å². The Kier molecular flexibility index (Phi) is 4.79. The molecule has 6 heteroatoms. The molecule has 1 aliphatic heterocycles. The summed E-state index contributed by atoms with van der Waals surface area (Å²) in [6.45, 7) is 4.63. The Morgan fingerprint density at radius 1 is 1.24 bits per heavy atom. The Labute approximate surface area is 146 Å². The van der Waals surface area contributed by atoms with Crippen LogP contribution >= 0.6 is 0 Å². The minimum absolute atomic E-state index is 0.247. The van der Waals surface area contributed by atoms with Gasteiger partial charge in [-0.15, -0.1) is 0 Å². The highest BCUT2D eigenvalue weighted by molar-refractivity contribution is 5.91. The summed E-state index contributed by atoms with van der Waals surface area (Å²) in [4.78, 5) is 25.3. The van der Waals surface area contributed by atoms with Gasteiger partial charge in [0.15, 0.2) is 0 Å². The molecule has 25 heavy (non-hydrogen) atoms. The smallest absolute Gasteiger partial charge is 0.321 e. The number of aliphatic carboxylic acids is 1. The van der Waals surface area contributed by atoms with Crippen LogP contribution in [0.25, 0.3) is 11.3 Å². The molecule has 6 nitrogen and oxygen atoms in total. The number of anilines is 1. The number of aryl methyl sites for hydroxylation is 2. The van der Waals surface area contributed by atoms with E-state index in [4.69, 9.17) is 9.52 Å². The first kappa shape index (κ1) is 17.1. The van der Waals surface area contributed by atoms with Crippen LogP contribution in [0.15, 0.2) is 34.7 Å². The van der Waals surface area contributed by atoms with Crippen LogP contribution in [0.5, 0.6) is 0 Å². The molecule has 1 fully saturated rings. The summed E-state index contributed by atoms with van der Waals surface area (Å²) in [5.74, 6) is 0.244. The van der Waals surface area contributed by atoms with Gasteiger partial charge in [-0.05, 0) is 50.5 Å². The van der Waals surface area contributed by atoms with Gasteiger partial charge in [0, 0.05) is 24.3 Å². The molecular weight excluding hydrogens is 320 g/mol. The van der Waals surface area contributed by atoms with E-state index in [0.717, 1.165) is 22.6 Å². The highest BCUT2D eigenvalue weighted by atomic mass is 16.4. The lowest BCUT2D eigenvalue weighted by atomic mass is 9.99. The molecule has 1 saturated heterocycles. The normalized spacial score (nSPS) is 17.4. The Hall–Kier alpha value is -2.76. The number of amides is 2. The third kappa shape index (κ3) is 3.84. The molecule has 0 aliphatic carbocycles. The number of nitrogens with zero attached hydrogens (tertiary/aromatic N) is 1. The van der Waals surface area contributed by atoms with E-state index in [0.29, 0.717) is 25.1 Å². The summed E-state index contributed by atoms with van der Waals surface area (Å²) in [6.07, 6.45) is 1.32. The fourth-order valence-corrected chi connectivity index (χ4v) is 3.06. The number of benzene rings is 1. The number of hydrogen-bond acceptors (Lipinski definition) is 3. The van der Waals surface area contributed by atoms with Crippen LogP contribution in [-0.2, 0) is 4.79 Å². The first-order valence-corrected chi connectivity index (χ1v) is 8.40. The largest absolute Gasteiger partial charge is 0.481 e. The average molecular weight is 342 g/mol. The topological polar surface area (TPSA) is 82.8 Å². The van der Waals surface area contributed by atoms with Crippen molar-refractivity contribution in [3.63, 3.8) is 0 Å². The minimum atomic E-state index is -0.844. The van der Waals surface area contributed by atoms with Crippen LogP contribution in [0.1, 0.15) is 24.2 Å². The second kappa shape index (κ2) is 7.01. The van der Waals surface area contributed by atoms with Gasteiger partial charge in [-0.2, -0.15) is 0 Å². The van der Waals surface area contributed by atoms with E-state index in [1.54, 1.807) is 4.90 Å². The lowest BCUT2D eigenvalue weighted by Gasteiger charge is -2.31. The summed E-state index contributed by atoms with van der Waals surface area (Å²) in [5, 5.41) is 12.1. The van der Waals surface area contributed by atoms with Crippen LogP contribution in [0.4, 0.5) is 10.5 Å². The fraction of sp³-hybridized carbons (Fsp3) is 0.368. The van der Waals surface area contributed by atoms with Crippen molar-refractivity contribution >= 4 is 17.7 Å². The molecule has 0 spiro atoms. The van der Waals surface area contributed by atoms with Gasteiger partial charge in [0.25, 0.3) is 0 Å². The maximum absolute atomic E-state index is 12.5. The maximum Gasteiger partial charge on any atom is 0.321 e. The third-order valence-electron chi connectivity index (χ3n) is 4.56. The molecule has 1 atom stereocenters. The van der Waals surface area contributed by atoms with Gasteiger partial charge in [0.2, 0.25) is 0 Å². The molecule has 2 aromatic rings. The Balaban J connectivity index is 1.75. The van der Waals surface area contributed by atoms with Gasteiger partial charge in [-0.1, -0.05) is 12.1 Å². The van der Waals surface area contributed by atoms with E-state index < -0.39 is 11.9 Å².